The van der Waals surface area contributed by atoms with Gasteiger partial charge in [0.2, 0.25) is 0 Å². The van der Waals surface area contributed by atoms with E-state index in [9.17, 15) is 57.1 Å². The van der Waals surface area contributed by atoms with Crippen molar-refractivity contribution < 1.29 is 57.1 Å². The van der Waals surface area contributed by atoms with E-state index in [4.69, 9.17) is 0 Å². The Kier molecular flexibility index (Phi) is 5.32. The molecule has 0 aromatic rings. The number of rotatable bonds is 5. The summed E-state index contributed by atoms with van der Waals surface area (Å²) in [5.74, 6) is -15.6. The van der Waals surface area contributed by atoms with Crippen LogP contribution in [-0.2, 0) is 0 Å². The van der Waals surface area contributed by atoms with Gasteiger partial charge >= 0.3 is 35.9 Å². The van der Waals surface area contributed by atoms with Crippen molar-refractivity contribution in [3.8, 4) is 0 Å². The van der Waals surface area contributed by atoms with Gasteiger partial charge in [0.05, 0.1) is 0 Å². The third kappa shape index (κ3) is 2.82. The van der Waals surface area contributed by atoms with Crippen molar-refractivity contribution in [2.45, 2.75) is 42.8 Å². The standard InChI is InChI=1S/C9H8F13N/c1-3-23(2)9(21,22)4(10,7(15,16)17)5(11,12)6(13,14)8(18,19)20/h3H2,1-2H3. The topological polar surface area (TPSA) is 3.24 Å². The van der Waals surface area contributed by atoms with Gasteiger partial charge in [-0.2, -0.15) is 52.7 Å². The molecule has 1 nitrogen and oxygen atoms in total. The average molecular weight is 377 g/mol. The van der Waals surface area contributed by atoms with E-state index in [-0.39, 0.29) is 7.05 Å². The van der Waals surface area contributed by atoms with Crippen LogP contribution < -0.4 is 0 Å². The fourth-order valence-corrected chi connectivity index (χ4v) is 1.39. The molecule has 0 aliphatic carbocycles. The predicted molar refractivity (Wildman–Crippen MR) is 49.1 cm³/mol. The fourth-order valence-electron chi connectivity index (χ4n) is 1.39. The molecule has 0 aliphatic heterocycles. The third-order valence-corrected chi connectivity index (χ3v) is 2.94. The lowest BCUT2D eigenvalue weighted by molar-refractivity contribution is -0.454. The molecule has 0 radical (unpaired) electrons. The summed E-state index contributed by atoms with van der Waals surface area (Å²) in [7, 11) is -0.0676. The Morgan fingerprint density at radius 3 is 1.17 bits per heavy atom. The highest BCUT2D eigenvalue weighted by Crippen LogP contribution is 2.62. The molecular formula is C9H8F13N. The lowest BCUT2D eigenvalue weighted by atomic mass is 9.88. The minimum Gasteiger partial charge on any atom is -0.245 e. The van der Waals surface area contributed by atoms with Gasteiger partial charge in [-0.1, -0.05) is 6.92 Å². The number of nitrogens with zero attached hydrogens (tertiary/aromatic N) is 1. The highest BCUT2D eigenvalue weighted by atomic mass is 19.4. The molecule has 0 N–H and O–H groups in total. The molecule has 14 heteroatoms. The normalized spacial score (nSPS) is 18.3. The quantitative estimate of drug-likeness (QED) is 0.499. The van der Waals surface area contributed by atoms with Crippen molar-refractivity contribution in [2.75, 3.05) is 13.6 Å². The molecule has 0 aromatic carbocycles. The summed E-state index contributed by atoms with van der Waals surface area (Å²) in [6.45, 7) is -0.673. The molecule has 0 spiro atoms. The van der Waals surface area contributed by atoms with Gasteiger partial charge in [0.25, 0.3) is 0 Å². The second-order valence-corrected chi connectivity index (χ2v) is 4.36. The van der Waals surface area contributed by atoms with Crippen LogP contribution in [0.1, 0.15) is 6.92 Å². The Balaban J connectivity index is 6.66. The highest BCUT2D eigenvalue weighted by Gasteiger charge is 2.93. The summed E-state index contributed by atoms with van der Waals surface area (Å²) in [4.78, 5) is -1.07. The molecule has 0 amide bonds. The summed E-state index contributed by atoms with van der Waals surface area (Å²) < 4.78 is 165. The molecule has 1 unspecified atom stereocenters. The van der Waals surface area contributed by atoms with Gasteiger partial charge in [-0.15, -0.1) is 0 Å². The first-order valence-corrected chi connectivity index (χ1v) is 5.40. The van der Waals surface area contributed by atoms with Crippen molar-refractivity contribution in [1.82, 2.24) is 4.90 Å². The van der Waals surface area contributed by atoms with Gasteiger partial charge < -0.3 is 0 Å². The van der Waals surface area contributed by atoms with Crippen LogP contribution in [-0.4, -0.2) is 54.4 Å². The largest absolute Gasteiger partial charge is 0.460 e. The van der Waals surface area contributed by atoms with Crippen molar-refractivity contribution in [3.05, 3.63) is 0 Å². The minimum atomic E-state index is -7.86. The van der Waals surface area contributed by atoms with Crippen molar-refractivity contribution >= 4 is 0 Å². The first-order valence-electron chi connectivity index (χ1n) is 5.40. The third-order valence-electron chi connectivity index (χ3n) is 2.94. The predicted octanol–water partition coefficient (Wildman–Crippen LogP) is 4.63. The van der Waals surface area contributed by atoms with Crippen LogP contribution in [0, 0.1) is 0 Å². The van der Waals surface area contributed by atoms with Crippen LogP contribution >= 0.6 is 0 Å². The lowest BCUT2D eigenvalue weighted by Gasteiger charge is -2.45. The van der Waals surface area contributed by atoms with E-state index in [1.54, 1.807) is 0 Å². The summed E-state index contributed by atoms with van der Waals surface area (Å²) in [5, 5.41) is 0. The summed E-state index contributed by atoms with van der Waals surface area (Å²) in [5.41, 5.74) is -7.52. The van der Waals surface area contributed by atoms with Crippen LogP contribution in [0.3, 0.4) is 0 Å². The molecule has 140 valence electrons. The summed E-state index contributed by atoms with van der Waals surface area (Å²) >= 11 is 0. The van der Waals surface area contributed by atoms with Crippen molar-refractivity contribution in [3.63, 3.8) is 0 Å². The smallest absolute Gasteiger partial charge is 0.245 e. The number of hydrogen-bond acceptors (Lipinski definition) is 1. The van der Waals surface area contributed by atoms with Gasteiger partial charge in [-0.25, -0.2) is 9.29 Å². The molecule has 0 fully saturated rings. The van der Waals surface area contributed by atoms with E-state index in [0.29, 0.717) is 6.92 Å². The van der Waals surface area contributed by atoms with Gasteiger partial charge in [0, 0.05) is 6.54 Å². The average Bonchev–Trinajstić information content (AvgIpc) is 2.33. The van der Waals surface area contributed by atoms with E-state index in [0.717, 1.165) is 0 Å². The maximum Gasteiger partial charge on any atom is 0.460 e. The van der Waals surface area contributed by atoms with E-state index in [1.807, 2.05) is 0 Å². The molecule has 0 saturated heterocycles. The molecule has 0 aromatic heterocycles. The summed E-state index contributed by atoms with van der Waals surface area (Å²) in [6, 6.07) is -6.43. The molecule has 0 aliphatic rings. The van der Waals surface area contributed by atoms with E-state index in [2.05, 4.69) is 0 Å². The Morgan fingerprint density at radius 1 is 0.609 bits per heavy atom. The maximum absolute atomic E-state index is 13.7. The lowest BCUT2D eigenvalue weighted by Crippen LogP contribution is -2.76. The molecule has 0 heterocycles. The van der Waals surface area contributed by atoms with Crippen molar-refractivity contribution in [1.29, 1.82) is 0 Å². The number of halogens is 13. The van der Waals surface area contributed by atoms with Crippen LogP contribution in [0.2, 0.25) is 0 Å². The fraction of sp³-hybridized carbons (Fsp3) is 1.00. The van der Waals surface area contributed by atoms with Crippen LogP contribution in [0.15, 0.2) is 0 Å². The first kappa shape index (κ1) is 22.1. The van der Waals surface area contributed by atoms with E-state index in [1.165, 1.54) is 0 Å². The van der Waals surface area contributed by atoms with Crippen LogP contribution in [0.4, 0.5) is 57.1 Å². The number of alkyl halides is 13. The number of hydrogen-bond donors (Lipinski definition) is 0. The van der Waals surface area contributed by atoms with E-state index >= 15 is 0 Å². The Labute approximate surface area is 120 Å². The van der Waals surface area contributed by atoms with Gasteiger partial charge in [0.15, 0.2) is 0 Å². The Morgan fingerprint density at radius 2 is 0.957 bits per heavy atom. The first-order chi connectivity index (χ1) is 9.73. The second-order valence-electron chi connectivity index (χ2n) is 4.36. The summed E-state index contributed by atoms with van der Waals surface area (Å²) in [6.07, 6.45) is -14.9. The zero-order chi connectivity index (χ0) is 19.3. The molecule has 1 atom stereocenters. The Hall–Kier alpha value is -0.950. The zero-order valence-corrected chi connectivity index (χ0v) is 11.1. The Bertz CT molecular complexity index is 422. The molecular weight excluding hydrogens is 369 g/mol. The van der Waals surface area contributed by atoms with Gasteiger partial charge in [-0.3, -0.25) is 0 Å². The van der Waals surface area contributed by atoms with Gasteiger partial charge in [0.1, 0.15) is 0 Å². The monoisotopic (exact) mass is 377 g/mol. The van der Waals surface area contributed by atoms with Crippen LogP contribution in [0.5, 0.6) is 0 Å². The minimum absolute atomic E-state index is 0.0676. The molecule has 0 rings (SSSR count). The second kappa shape index (κ2) is 5.55. The van der Waals surface area contributed by atoms with Gasteiger partial charge in [-0.05, 0) is 7.05 Å². The van der Waals surface area contributed by atoms with E-state index < -0.39 is 47.4 Å². The SMILES string of the molecule is CCN(C)C(F)(F)C(F)(C(F)(F)F)C(F)(F)C(F)(F)C(F)(F)F. The molecule has 0 bridgehead atoms. The zero-order valence-electron chi connectivity index (χ0n) is 11.1. The molecule has 23 heavy (non-hydrogen) atoms. The molecule has 0 saturated carbocycles. The highest BCUT2D eigenvalue weighted by molar-refractivity contribution is 5.14. The maximum atomic E-state index is 13.7. The van der Waals surface area contributed by atoms with Crippen molar-refractivity contribution in [2.24, 2.45) is 0 Å². The van der Waals surface area contributed by atoms with Crippen LogP contribution in [0.25, 0.3) is 0 Å².